The zero-order chi connectivity index (χ0) is 30.9. The first-order valence-electron chi connectivity index (χ1n) is 14.4. The van der Waals surface area contributed by atoms with E-state index < -0.39 is 12.1 Å². The lowest BCUT2D eigenvalue weighted by atomic mass is 10.0. The average molecular weight is 589 g/mol. The van der Waals surface area contributed by atoms with Crippen LogP contribution in [0.25, 0.3) is 0 Å². The Labute approximate surface area is 252 Å². The van der Waals surface area contributed by atoms with Crippen LogP contribution in [0.3, 0.4) is 0 Å². The van der Waals surface area contributed by atoms with Crippen molar-refractivity contribution >= 4 is 29.2 Å². The first kappa shape index (κ1) is 31.4. The zero-order valence-electron chi connectivity index (χ0n) is 25.1. The van der Waals surface area contributed by atoms with Crippen molar-refractivity contribution in [2.75, 3.05) is 44.5 Å². The van der Waals surface area contributed by atoms with Gasteiger partial charge in [0.25, 0.3) is 0 Å². The van der Waals surface area contributed by atoms with Gasteiger partial charge in [0.05, 0.1) is 39.1 Å². The molecule has 0 aromatic heterocycles. The number of aliphatic hydroxyl groups excluding tert-OH is 1. The number of methoxy groups -OCH3 is 1. The minimum Gasteiger partial charge on any atom is -0.497 e. The molecule has 3 aromatic carbocycles. The number of urea groups is 1. The Balaban J connectivity index is 1.54. The molecule has 3 aromatic rings. The van der Waals surface area contributed by atoms with Crippen LogP contribution >= 0.6 is 0 Å². The third kappa shape index (κ3) is 8.48. The highest BCUT2D eigenvalue weighted by atomic mass is 16.5. The molecule has 3 atom stereocenters. The van der Waals surface area contributed by atoms with Crippen molar-refractivity contribution in [3.8, 4) is 11.5 Å². The van der Waals surface area contributed by atoms with Gasteiger partial charge in [-0.15, -0.1) is 0 Å². The molecule has 3 N–H and O–H groups in total. The fraction of sp³-hybridized carbons (Fsp3) is 0.364. The van der Waals surface area contributed by atoms with E-state index >= 15 is 0 Å². The molecule has 0 saturated carbocycles. The monoisotopic (exact) mass is 588 g/mol. The van der Waals surface area contributed by atoms with Gasteiger partial charge in [0, 0.05) is 36.4 Å². The fourth-order valence-electron chi connectivity index (χ4n) is 4.96. The van der Waals surface area contributed by atoms with Crippen LogP contribution in [0.5, 0.6) is 11.5 Å². The summed E-state index contributed by atoms with van der Waals surface area (Å²) < 4.78 is 11.7. The smallest absolute Gasteiger partial charge is 0.321 e. The normalized spacial score (nSPS) is 17.3. The second kappa shape index (κ2) is 14.6. The van der Waals surface area contributed by atoms with Gasteiger partial charge in [0.15, 0.2) is 0 Å². The number of ether oxygens (including phenoxy) is 2. The molecule has 4 amide bonds. The fourth-order valence-corrected chi connectivity index (χ4v) is 4.96. The van der Waals surface area contributed by atoms with E-state index in [1.807, 2.05) is 37.3 Å². The summed E-state index contributed by atoms with van der Waals surface area (Å²) in [7, 11) is 3.27. The SMILES string of the molecule is COc1ccc(NC(=O)N(C)CC2Oc3ccc(NC(=O)Cc4ccccc4)cc3CC(=O)N(C(C)CO)CC2C)cc1. The number of amides is 4. The third-order valence-electron chi connectivity index (χ3n) is 7.55. The molecule has 1 aliphatic rings. The van der Waals surface area contributed by atoms with E-state index in [0.29, 0.717) is 35.0 Å². The van der Waals surface area contributed by atoms with Crippen LogP contribution in [0, 0.1) is 5.92 Å². The van der Waals surface area contributed by atoms with Gasteiger partial charge in [-0.3, -0.25) is 9.59 Å². The van der Waals surface area contributed by atoms with Crippen molar-refractivity contribution in [3.63, 3.8) is 0 Å². The minimum absolute atomic E-state index is 0.0370. The molecule has 43 heavy (non-hydrogen) atoms. The molecule has 0 spiro atoms. The van der Waals surface area contributed by atoms with Crippen molar-refractivity contribution < 1.29 is 29.0 Å². The quantitative estimate of drug-likeness (QED) is 0.345. The Morgan fingerprint density at radius 1 is 1.07 bits per heavy atom. The van der Waals surface area contributed by atoms with Crippen molar-refractivity contribution in [3.05, 3.63) is 83.9 Å². The summed E-state index contributed by atoms with van der Waals surface area (Å²) in [6.45, 7) is 4.17. The van der Waals surface area contributed by atoms with Crippen molar-refractivity contribution in [2.45, 2.75) is 38.8 Å². The molecule has 1 aliphatic heterocycles. The van der Waals surface area contributed by atoms with Gasteiger partial charge in [-0.2, -0.15) is 0 Å². The second-order valence-corrected chi connectivity index (χ2v) is 11.0. The summed E-state index contributed by atoms with van der Waals surface area (Å²) >= 11 is 0. The topological polar surface area (TPSA) is 120 Å². The van der Waals surface area contributed by atoms with E-state index in [0.717, 1.165) is 5.56 Å². The van der Waals surface area contributed by atoms with Gasteiger partial charge in [0.2, 0.25) is 11.8 Å². The van der Waals surface area contributed by atoms with Crippen LogP contribution in [0.4, 0.5) is 16.2 Å². The number of nitrogens with zero attached hydrogens (tertiary/aromatic N) is 2. The summed E-state index contributed by atoms with van der Waals surface area (Å²) in [6, 6.07) is 21.1. The number of aliphatic hydroxyl groups is 1. The number of carbonyl (C=O) groups is 3. The Hall–Kier alpha value is -4.57. The lowest BCUT2D eigenvalue weighted by molar-refractivity contribution is -0.134. The third-order valence-corrected chi connectivity index (χ3v) is 7.55. The van der Waals surface area contributed by atoms with E-state index in [9.17, 15) is 19.5 Å². The number of benzene rings is 3. The number of anilines is 2. The first-order chi connectivity index (χ1) is 20.7. The molecular formula is C33H40N4O6. The van der Waals surface area contributed by atoms with Crippen molar-refractivity contribution in [2.24, 2.45) is 5.92 Å². The molecule has 0 saturated heterocycles. The Bertz CT molecular complexity index is 1400. The number of hydrogen-bond donors (Lipinski definition) is 3. The number of rotatable bonds is 9. The maximum absolute atomic E-state index is 13.5. The van der Waals surface area contributed by atoms with Crippen LogP contribution in [-0.2, 0) is 22.4 Å². The van der Waals surface area contributed by atoms with E-state index in [2.05, 4.69) is 10.6 Å². The van der Waals surface area contributed by atoms with Gasteiger partial charge >= 0.3 is 6.03 Å². The standard InChI is InChI=1S/C33H40N4O6/c1-22-19-37(23(2)21-38)32(40)18-25-17-27(34-31(39)16-24-8-6-5-7-9-24)12-15-29(25)43-30(22)20-36(3)33(41)35-26-10-13-28(42-4)14-11-26/h5-15,17,22-23,30,38H,16,18-21H2,1-4H3,(H,34,39)(H,35,41). The van der Waals surface area contributed by atoms with E-state index in [1.54, 1.807) is 73.3 Å². The number of likely N-dealkylation sites (N-methyl/N-ethyl adjacent to an activating group) is 1. The van der Waals surface area contributed by atoms with Gasteiger partial charge in [-0.05, 0) is 55.0 Å². The molecule has 3 unspecified atom stereocenters. The van der Waals surface area contributed by atoms with Crippen LogP contribution in [0.2, 0.25) is 0 Å². The van der Waals surface area contributed by atoms with Gasteiger partial charge in [0.1, 0.15) is 17.6 Å². The molecule has 10 heteroatoms. The van der Waals surface area contributed by atoms with Crippen LogP contribution < -0.4 is 20.1 Å². The molecule has 0 fully saturated rings. The number of hydrogen-bond acceptors (Lipinski definition) is 6. The largest absolute Gasteiger partial charge is 0.497 e. The summed E-state index contributed by atoms with van der Waals surface area (Å²) in [5, 5.41) is 15.7. The molecule has 0 aliphatic carbocycles. The number of fused-ring (bicyclic) bond motifs is 1. The summed E-state index contributed by atoms with van der Waals surface area (Å²) in [5.74, 6) is 0.692. The van der Waals surface area contributed by atoms with Crippen LogP contribution in [0.15, 0.2) is 72.8 Å². The number of carbonyl (C=O) groups excluding carboxylic acids is 3. The highest BCUT2D eigenvalue weighted by molar-refractivity contribution is 5.93. The first-order valence-corrected chi connectivity index (χ1v) is 14.4. The Morgan fingerprint density at radius 3 is 2.44 bits per heavy atom. The number of nitrogens with one attached hydrogen (secondary N) is 2. The van der Waals surface area contributed by atoms with Crippen molar-refractivity contribution in [1.82, 2.24) is 9.80 Å². The molecule has 4 rings (SSSR count). The maximum Gasteiger partial charge on any atom is 0.321 e. The average Bonchev–Trinajstić information content (AvgIpc) is 3.04. The predicted molar refractivity (Wildman–Crippen MR) is 165 cm³/mol. The van der Waals surface area contributed by atoms with Crippen LogP contribution in [-0.4, -0.2) is 78.8 Å². The Morgan fingerprint density at radius 2 is 1.77 bits per heavy atom. The maximum atomic E-state index is 13.5. The van der Waals surface area contributed by atoms with E-state index in [4.69, 9.17) is 9.47 Å². The lowest BCUT2D eigenvalue weighted by Gasteiger charge is -2.34. The van der Waals surface area contributed by atoms with Gasteiger partial charge in [-0.25, -0.2) is 4.79 Å². The molecule has 0 radical (unpaired) electrons. The summed E-state index contributed by atoms with van der Waals surface area (Å²) in [5.41, 5.74) is 2.69. The molecular weight excluding hydrogens is 548 g/mol. The van der Waals surface area contributed by atoms with Crippen molar-refractivity contribution in [1.29, 1.82) is 0 Å². The highest BCUT2D eigenvalue weighted by Crippen LogP contribution is 2.29. The predicted octanol–water partition coefficient (Wildman–Crippen LogP) is 4.19. The van der Waals surface area contributed by atoms with Crippen LogP contribution in [0.1, 0.15) is 25.0 Å². The van der Waals surface area contributed by atoms with E-state index in [1.165, 1.54) is 0 Å². The summed E-state index contributed by atoms with van der Waals surface area (Å²) in [4.78, 5) is 42.5. The molecule has 10 nitrogen and oxygen atoms in total. The highest BCUT2D eigenvalue weighted by Gasteiger charge is 2.32. The molecule has 1 heterocycles. The van der Waals surface area contributed by atoms with Gasteiger partial charge < -0.3 is 35.0 Å². The Kier molecular flexibility index (Phi) is 10.6. The zero-order valence-corrected chi connectivity index (χ0v) is 25.1. The van der Waals surface area contributed by atoms with E-state index in [-0.39, 0.29) is 49.8 Å². The van der Waals surface area contributed by atoms with Gasteiger partial charge in [-0.1, -0.05) is 37.3 Å². The second-order valence-electron chi connectivity index (χ2n) is 11.0. The lowest BCUT2D eigenvalue weighted by Crippen LogP contribution is -2.48. The minimum atomic E-state index is -0.469. The summed E-state index contributed by atoms with van der Waals surface area (Å²) in [6.07, 6.45) is -0.210. The molecule has 228 valence electrons. The molecule has 0 bridgehead atoms.